The quantitative estimate of drug-likeness (QED) is 0.409. The molecule has 0 spiro atoms. The molecule has 4 aromatic rings. The topological polar surface area (TPSA) is 34.9 Å². The van der Waals surface area contributed by atoms with E-state index in [2.05, 4.69) is 6.07 Å². The summed E-state index contributed by atoms with van der Waals surface area (Å²) in [4.78, 5) is 17.8. The van der Waals surface area contributed by atoms with E-state index in [-0.39, 0.29) is 5.56 Å². The average molecular weight is 318 g/mol. The van der Waals surface area contributed by atoms with E-state index >= 15 is 0 Å². The first-order valence-corrected chi connectivity index (χ1v) is 8.56. The molecule has 3 nitrogen and oxygen atoms in total. The Kier molecular flexibility index (Phi) is 3.39. The minimum atomic E-state index is -0.0370. The van der Waals surface area contributed by atoms with Gasteiger partial charge in [0.15, 0.2) is 0 Å². The molecule has 2 heterocycles. The van der Waals surface area contributed by atoms with Gasteiger partial charge in [-0.05, 0) is 42.0 Å². The molecule has 0 aliphatic heterocycles. The standard InChI is InChI=1S/C19H14N2OS/c1-23-17-12-11-15-14-9-5-6-10-16(14)19(22)21(18(15)20-17)13-7-3-2-4-8-13/h2-12H,1H3. The molecular formula is C19H14N2OS. The van der Waals surface area contributed by atoms with Gasteiger partial charge in [-0.25, -0.2) is 4.98 Å². The summed E-state index contributed by atoms with van der Waals surface area (Å²) in [6.45, 7) is 0. The van der Waals surface area contributed by atoms with Gasteiger partial charge in [0.2, 0.25) is 0 Å². The van der Waals surface area contributed by atoms with E-state index in [9.17, 15) is 4.79 Å². The Morgan fingerprint density at radius 2 is 1.52 bits per heavy atom. The highest BCUT2D eigenvalue weighted by Gasteiger charge is 2.13. The van der Waals surface area contributed by atoms with Crippen LogP contribution in [0.4, 0.5) is 0 Å². The van der Waals surface area contributed by atoms with Crippen LogP contribution in [0.25, 0.3) is 27.5 Å². The number of aromatic nitrogens is 2. The van der Waals surface area contributed by atoms with Crippen LogP contribution in [-0.2, 0) is 0 Å². The molecule has 0 amide bonds. The van der Waals surface area contributed by atoms with Gasteiger partial charge < -0.3 is 0 Å². The maximum absolute atomic E-state index is 13.1. The number of nitrogens with zero attached hydrogens (tertiary/aromatic N) is 2. The van der Waals surface area contributed by atoms with Crippen molar-refractivity contribution in [3.63, 3.8) is 0 Å². The van der Waals surface area contributed by atoms with Gasteiger partial charge in [-0.2, -0.15) is 0 Å². The number of rotatable bonds is 2. The third-order valence-electron chi connectivity index (χ3n) is 3.94. The molecule has 4 heteroatoms. The third kappa shape index (κ3) is 2.23. The van der Waals surface area contributed by atoms with Gasteiger partial charge in [0.25, 0.3) is 5.56 Å². The molecule has 0 N–H and O–H groups in total. The average Bonchev–Trinajstić information content (AvgIpc) is 2.62. The van der Waals surface area contributed by atoms with E-state index in [0.29, 0.717) is 11.0 Å². The zero-order valence-electron chi connectivity index (χ0n) is 12.6. The van der Waals surface area contributed by atoms with Gasteiger partial charge in [0.1, 0.15) is 5.65 Å². The number of benzene rings is 2. The second-order valence-corrected chi connectivity index (χ2v) is 6.07. The van der Waals surface area contributed by atoms with Crippen LogP contribution in [0.3, 0.4) is 0 Å². The number of para-hydroxylation sites is 1. The van der Waals surface area contributed by atoms with Gasteiger partial charge in [0, 0.05) is 10.8 Å². The Morgan fingerprint density at radius 1 is 0.826 bits per heavy atom. The SMILES string of the molecule is CSc1ccc2c3ccccc3c(=O)n(-c3ccccc3)c2n1. The Morgan fingerprint density at radius 3 is 2.26 bits per heavy atom. The molecule has 4 rings (SSSR count). The van der Waals surface area contributed by atoms with Crippen LogP contribution in [0, 0.1) is 0 Å². The second-order valence-electron chi connectivity index (χ2n) is 5.25. The first-order chi connectivity index (χ1) is 11.3. The molecule has 2 aromatic heterocycles. The third-order valence-corrected chi connectivity index (χ3v) is 4.58. The molecule has 23 heavy (non-hydrogen) atoms. The number of pyridine rings is 2. The fraction of sp³-hybridized carbons (Fsp3) is 0.0526. The maximum Gasteiger partial charge on any atom is 0.264 e. The van der Waals surface area contributed by atoms with Crippen molar-refractivity contribution in [1.29, 1.82) is 0 Å². The van der Waals surface area contributed by atoms with E-state index in [1.54, 1.807) is 16.3 Å². The first kappa shape index (κ1) is 14.0. The zero-order chi connectivity index (χ0) is 15.8. The lowest BCUT2D eigenvalue weighted by atomic mass is 10.1. The van der Waals surface area contributed by atoms with Crippen LogP contribution in [0.2, 0.25) is 0 Å². The lowest BCUT2D eigenvalue weighted by Gasteiger charge is -2.13. The van der Waals surface area contributed by atoms with Crippen LogP contribution < -0.4 is 5.56 Å². The van der Waals surface area contributed by atoms with Crippen molar-refractivity contribution >= 4 is 33.6 Å². The fourth-order valence-electron chi connectivity index (χ4n) is 2.86. The monoisotopic (exact) mass is 318 g/mol. The molecule has 112 valence electrons. The van der Waals surface area contributed by atoms with Crippen molar-refractivity contribution in [2.24, 2.45) is 0 Å². The van der Waals surface area contributed by atoms with Gasteiger partial charge >= 0.3 is 0 Å². The fourth-order valence-corrected chi connectivity index (χ4v) is 3.24. The molecular weight excluding hydrogens is 304 g/mol. The van der Waals surface area contributed by atoms with E-state index in [0.717, 1.165) is 21.5 Å². The predicted molar refractivity (Wildman–Crippen MR) is 96.6 cm³/mol. The van der Waals surface area contributed by atoms with Crippen LogP contribution in [0.5, 0.6) is 0 Å². The smallest absolute Gasteiger partial charge is 0.264 e. The van der Waals surface area contributed by atoms with Gasteiger partial charge in [0.05, 0.1) is 10.7 Å². The summed E-state index contributed by atoms with van der Waals surface area (Å²) in [5.41, 5.74) is 1.50. The van der Waals surface area contributed by atoms with Crippen molar-refractivity contribution in [2.75, 3.05) is 6.26 Å². The lowest BCUT2D eigenvalue weighted by Crippen LogP contribution is -2.20. The molecule has 0 unspecified atom stereocenters. The Balaban J connectivity index is 2.25. The minimum absolute atomic E-state index is 0.0370. The first-order valence-electron chi connectivity index (χ1n) is 7.33. The van der Waals surface area contributed by atoms with Gasteiger partial charge in [-0.15, -0.1) is 11.8 Å². The molecule has 0 fully saturated rings. The molecule has 0 aliphatic rings. The minimum Gasteiger partial charge on any atom is -0.268 e. The lowest BCUT2D eigenvalue weighted by molar-refractivity contribution is 1.01. The molecule has 0 atom stereocenters. The maximum atomic E-state index is 13.1. The Labute approximate surface area is 137 Å². The van der Waals surface area contributed by atoms with Crippen LogP contribution in [0.15, 0.2) is 76.6 Å². The summed E-state index contributed by atoms with van der Waals surface area (Å²) in [7, 11) is 0. The summed E-state index contributed by atoms with van der Waals surface area (Å²) in [5.74, 6) is 0. The zero-order valence-corrected chi connectivity index (χ0v) is 13.4. The van der Waals surface area contributed by atoms with E-state index < -0.39 is 0 Å². The van der Waals surface area contributed by atoms with E-state index in [1.165, 1.54) is 0 Å². The van der Waals surface area contributed by atoms with Crippen molar-refractivity contribution in [1.82, 2.24) is 9.55 Å². The summed E-state index contributed by atoms with van der Waals surface area (Å²) in [5, 5.41) is 3.54. The summed E-state index contributed by atoms with van der Waals surface area (Å²) in [6.07, 6.45) is 1.99. The second kappa shape index (κ2) is 5.56. The summed E-state index contributed by atoms with van der Waals surface area (Å²) < 4.78 is 1.71. The Bertz CT molecular complexity index is 1070. The van der Waals surface area contributed by atoms with Crippen LogP contribution in [0.1, 0.15) is 0 Å². The predicted octanol–water partition coefficient (Wildman–Crippen LogP) is 4.26. The molecule has 0 aliphatic carbocycles. The van der Waals surface area contributed by atoms with Crippen molar-refractivity contribution in [3.05, 3.63) is 77.1 Å². The van der Waals surface area contributed by atoms with E-state index in [1.807, 2.05) is 66.9 Å². The molecule has 0 saturated heterocycles. The molecule has 2 aromatic carbocycles. The normalized spacial score (nSPS) is 11.2. The number of hydrogen-bond acceptors (Lipinski definition) is 3. The van der Waals surface area contributed by atoms with Crippen LogP contribution >= 0.6 is 11.8 Å². The summed E-state index contributed by atoms with van der Waals surface area (Å²) >= 11 is 1.57. The van der Waals surface area contributed by atoms with Crippen molar-refractivity contribution in [2.45, 2.75) is 5.03 Å². The molecule has 0 saturated carbocycles. The number of fused-ring (bicyclic) bond motifs is 3. The van der Waals surface area contributed by atoms with E-state index in [4.69, 9.17) is 4.98 Å². The van der Waals surface area contributed by atoms with Crippen molar-refractivity contribution < 1.29 is 0 Å². The highest BCUT2D eigenvalue weighted by Crippen LogP contribution is 2.25. The van der Waals surface area contributed by atoms with Crippen LogP contribution in [-0.4, -0.2) is 15.8 Å². The van der Waals surface area contributed by atoms with Gasteiger partial charge in [-0.1, -0.05) is 36.4 Å². The summed E-state index contributed by atoms with van der Waals surface area (Å²) in [6, 6.07) is 21.4. The Hall–Kier alpha value is -2.59. The van der Waals surface area contributed by atoms with Crippen molar-refractivity contribution in [3.8, 4) is 5.69 Å². The van der Waals surface area contributed by atoms with Gasteiger partial charge in [-0.3, -0.25) is 9.36 Å². The molecule has 0 radical (unpaired) electrons. The highest BCUT2D eigenvalue weighted by atomic mass is 32.2. The molecule has 0 bridgehead atoms. The number of thioether (sulfide) groups is 1. The number of hydrogen-bond donors (Lipinski definition) is 0. The largest absolute Gasteiger partial charge is 0.268 e. The highest BCUT2D eigenvalue weighted by molar-refractivity contribution is 7.98.